The van der Waals surface area contributed by atoms with Gasteiger partial charge in [-0.05, 0) is 25.4 Å². The molecule has 0 aromatic carbocycles. The third-order valence-electron chi connectivity index (χ3n) is 2.36. The highest BCUT2D eigenvalue weighted by atomic mass is 15.2. The second kappa shape index (κ2) is 2.70. The molecule has 1 aliphatic heterocycles. The molecule has 1 heterocycles. The molecule has 0 spiro atoms. The zero-order chi connectivity index (χ0) is 6.85. The summed E-state index contributed by atoms with van der Waals surface area (Å²) in [5.74, 6) is 0.860. The largest absolute Gasteiger partial charge is 0.300 e. The van der Waals surface area contributed by atoms with Crippen molar-refractivity contribution in [1.82, 2.24) is 4.90 Å². The summed E-state index contributed by atoms with van der Waals surface area (Å²) in [6.07, 6.45) is 1.42. The number of rotatable bonds is 2. The molecule has 1 unspecified atom stereocenters. The third kappa shape index (κ3) is 1.26. The minimum absolute atomic E-state index is 0.860. The second-order valence-corrected chi connectivity index (χ2v) is 3.23. The van der Waals surface area contributed by atoms with Gasteiger partial charge in [0.25, 0.3) is 0 Å². The summed E-state index contributed by atoms with van der Waals surface area (Å²) in [4.78, 5) is 2.55. The first kappa shape index (κ1) is 7.07. The van der Waals surface area contributed by atoms with Gasteiger partial charge in [0.05, 0.1) is 0 Å². The maximum absolute atomic E-state index is 2.55. The average Bonchev–Trinajstić information content (AvgIpc) is 1.61. The van der Waals surface area contributed by atoms with Gasteiger partial charge >= 0.3 is 0 Å². The Labute approximate surface area is 58.0 Å². The maximum atomic E-state index is 2.55. The van der Waals surface area contributed by atoms with E-state index >= 15 is 0 Å². The molecule has 0 radical (unpaired) electrons. The van der Waals surface area contributed by atoms with E-state index in [-0.39, 0.29) is 0 Å². The summed E-state index contributed by atoms with van der Waals surface area (Å²) in [5, 5.41) is 0. The number of likely N-dealkylation sites (tertiary alicyclic amines) is 1. The molecule has 1 heteroatoms. The van der Waals surface area contributed by atoms with Crippen molar-refractivity contribution in [2.45, 2.75) is 33.2 Å². The Morgan fingerprint density at radius 1 is 1.56 bits per heavy atom. The van der Waals surface area contributed by atoms with Crippen LogP contribution in [0.15, 0.2) is 0 Å². The molecule has 0 N–H and O–H groups in total. The smallest absolute Gasteiger partial charge is 0.0130 e. The molecule has 1 atom stereocenters. The van der Waals surface area contributed by atoms with Crippen LogP contribution in [0.5, 0.6) is 0 Å². The van der Waals surface area contributed by atoms with Gasteiger partial charge in [0, 0.05) is 6.04 Å². The SMILES string of the molecule is CCN1CCC1C(C)C. The summed E-state index contributed by atoms with van der Waals surface area (Å²) >= 11 is 0. The zero-order valence-corrected chi connectivity index (χ0v) is 6.72. The highest BCUT2D eigenvalue weighted by Gasteiger charge is 2.28. The highest BCUT2D eigenvalue weighted by molar-refractivity contribution is 4.83. The lowest BCUT2D eigenvalue weighted by Gasteiger charge is -2.42. The second-order valence-electron chi connectivity index (χ2n) is 3.23. The van der Waals surface area contributed by atoms with E-state index in [0.29, 0.717) is 0 Å². The fourth-order valence-electron chi connectivity index (χ4n) is 1.61. The van der Waals surface area contributed by atoms with E-state index in [2.05, 4.69) is 25.7 Å². The molecule has 0 aliphatic carbocycles. The van der Waals surface area contributed by atoms with Crippen LogP contribution < -0.4 is 0 Å². The van der Waals surface area contributed by atoms with E-state index < -0.39 is 0 Å². The molecule has 54 valence electrons. The molecule has 0 aromatic rings. The predicted octanol–water partition coefficient (Wildman–Crippen LogP) is 1.74. The first-order valence-electron chi connectivity index (χ1n) is 3.99. The summed E-state index contributed by atoms with van der Waals surface area (Å²) in [6.45, 7) is 9.44. The van der Waals surface area contributed by atoms with Crippen molar-refractivity contribution in [3.05, 3.63) is 0 Å². The van der Waals surface area contributed by atoms with Gasteiger partial charge in [-0.2, -0.15) is 0 Å². The summed E-state index contributed by atoms with van der Waals surface area (Å²) in [7, 11) is 0. The van der Waals surface area contributed by atoms with Crippen molar-refractivity contribution in [2.75, 3.05) is 13.1 Å². The van der Waals surface area contributed by atoms with Gasteiger partial charge in [-0.15, -0.1) is 0 Å². The predicted molar refractivity (Wildman–Crippen MR) is 40.5 cm³/mol. The molecule has 1 saturated heterocycles. The Hall–Kier alpha value is -0.0400. The van der Waals surface area contributed by atoms with Crippen LogP contribution in [0, 0.1) is 5.92 Å². The van der Waals surface area contributed by atoms with Crippen LogP contribution in [0.1, 0.15) is 27.2 Å². The van der Waals surface area contributed by atoms with Gasteiger partial charge in [-0.1, -0.05) is 20.8 Å². The summed E-state index contributed by atoms with van der Waals surface area (Å²) in [6, 6.07) is 0.898. The number of nitrogens with zero attached hydrogens (tertiary/aromatic N) is 1. The van der Waals surface area contributed by atoms with Crippen LogP contribution in [-0.4, -0.2) is 24.0 Å². The average molecular weight is 127 g/mol. The lowest BCUT2D eigenvalue weighted by molar-refractivity contribution is 0.0624. The van der Waals surface area contributed by atoms with Gasteiger partial charge in [-0.25, -0.2) is 0 Å². The van der Waals surface area contributed by atoms with Crippen molar-refractivity contribution in [1.29, 1.82) is 0 Å². The Morgan fingerprint density at radius 3 is 2.33 bits per heavy atom. The Kier molecular flexibility index (Phi) is 2.12. The van der Waals surface area contributed by atoms with Crippen molar-refractivity contribution in [2.24, 2.45) is 5.92 Å². The molecular weight excluding hydrogens is 110 g/mol. The third-order valence-corrected chi connectivity index (χ3v) is 2.36. The molecule has 1 fully saturated rings. The lowest BCUT2D eigenvalue weighted by Crippen LogP contribution is -2.50. The minimum atomic E-state index is 0.860. The van der Waals surface area contributed by atoms with E-state index in [1.165, 1.54) is 19.5 Å². The molecule has 0 aromatic heterocycles. The highest BCUT2D eigenvalue weighted by Crippen LogP contribution is 2.23. The molecule has 0 saturated carbocycles. The Bertz CT molecular complexity index is 86.6. The number of hydrogen-bond donors (Lipinski definition) is 0. The Morgan fingerprint density at radius 2 is 2.22 bits per heavy atom. The van der Waals surface area contributed by atoms with Crippen LogP contribution >= 0.6 is 0 Å². The minimum Gasteiger partial charge on any atom is -0.300 e. The van der Waals surface area contributed by atoms with Gasteiger partial charge in [0.1, 0.15) is 0 Å². The van der Waals surface area contributed by atoms with E-state index in [1.807, 2.05) is 0 Å². The summed E-state index contributed by atoms with van der Waals surface area (Å²) < 4.78 is 0. The van der Waals surface area contributed by atoms with Crippen LogP contribution in [-0.2, 0) is 0 Å². The van der Waals surface area contributed by atoms with Gasteiger partial charge in [0.15, 0.2) is 0 Å². The molecule has 1 nitrogen and oxygen atoms in total. The molecule has 0 bridgehead atoms. The molecule has 0 amide bonds. The zero-order valence-electron chi connectivity index (χ0n) is 6.72. The maximum Gasteiger partial charge on any atom is 0.0130 e. The van der Waals surface area contributed by atoms with Crippen molar-refractivity contribution >= 4 is 0 Å². The van der Waals surface area contributed by atoms with Crippen molar-refractivity contribution < 1.29 is 0 Å². The quantitative estimate of drug-likeness (QED) is 0.546. The van der Waals surface area contributed by atoms with E-state index in [4.69, 9.17) is 0 Å². The Balaban J connectivity index is 2.27. The van der Waals surface area contributed by atoms with E-state index in [1.54, 1.807) is 0 Å². The topological polar surface area (TPSA) is 3.24 Å². The van der Waals surface area contributed by atoms with E-state index in [0.717, 1.165) is 12.0 Å². The van der Waals surface area contributed by atoms with Gasteiger partial charge < -0.3 is 4.90 Å². The molecule has 1 rings (SSSR count). The fourth-order valence-corrected chi connectivity index (χ4v) is 1.61. The number of hydrogen-bond acceptors (Lipinski definition) is 1. The molecule has 9 heavy (non-hydrogen) atoms. The first-order valence-corrected chi connectivity index (χ1v) is 3.99. The summed E-state index contributed by atoms with van der Waals surface area (Å²) in [5.41, 5.74) is 0. The monoisotopic (exact) mass is 127 g/mol. The van der Waals surface area contributed by atoms with Crippen LogP contribution in [0.25, 0.3) is 0 Å². The van der Waals surface area contributed by atoms with Crippen LogP contribution in [0.2, 0.25) is 0 Å². The van der Waals surface area contributed by atoms with Crippen LogP contribution in [0.3, 0.4) is 0 Å². The molecule has 1 aliphatic rings. The van der Waals surface area contributed by atoms with Crippen molar-refractivity contribution in [3.63, 3.8) is 0 Å². The first-order chi connectivity index (χ1) is 4.25. The lowest BCUT2D eigenvalue weighted by atomic mass is 9.92. The van der Waals surface area contributed by atoms with Gasteiger partial charge in [0.2, 0.25) is 0 Å². The standard InChI is InChI=1S/C8H17N/c1-4-9-6-5-8(9)7(2)3/h7-8H,4-6H2,1-3H3. The van der Waals surface area contributed by atoms with Gasteiger partial charge in [-0.3, -0.25) is 0 Å². The van der Waals surface area contributed by atoms with Crippen LogP contribution in [0.4, 0.5) is 0 Å². The van der Waals surface area contributed by atoms with E-state index in [9.17, 15) is 0 Å². The molecular formula is C8H17N. The normalized spacial score (nSPS) is 28.7. The fraction of sp³-hybridized carbons (Fsp3) is 1.00. The van der Waals surface area contributed by atoms with Crippen molar-refractivity contribution in [3.8, 4) is 0 Å².